The van der Waals surface area contributed by atoms with Crippen molar-refractivity contribution in [3.63, 3.8) is 0 Å². The average Bonchev–Trinajstić information content (AvgIpc) is 2.72. The van der Waals surface area contributed by atoms with E-state index in [9.17, 15) is 9.59 Å². The van der Waals surface area contributed by atoms with Crippen LogP contribution in [0.5, 0.6) is 0 Å². The Morgan fingerprint density at radius 3 is 2.22 bits per heavy atom. The maximum atomic E-state index is 12.3. The van der Waals surface area contributed by atoms with Crippen molar-refractivity contribution in [3.05, 3.63) is 101 Å². The summed E-state index contributed by atoms with van der Waals surface area (Å²) in [7, 11) is 0. The molecule has 0 bridgehead atoms. The Morgan fingerprint density at radius 1 is 0.852 bits per heavy atom. The van der Waals surface area contributed by atoms with Gasteiger partial charge in [-0.3, -0.25) is 15.2 Å². The number of hydrogen-bond acceptors (Lipinski definition) is 3. The highest BCUT2D eigenvalue weighted by Crippen LogP contribution is 2.19. The summed E-state index contributed by atoms with van der Waals surface area (Å²) in [6, 6.07) is 21.1. The van der Waals surface area contributed by atoms with E-state index in [0.29, 0.717) is 11.3 Å². The molecule has 3 rings (SSSR count). The van der Waals surface area contributed by atoms with Crippen molar-refractivity contribution in [2.24, 2.45) is 0 Å². The Morgan fingerprint density at radius 2 is 1.56 bits per heavy atom. The smallest absolute Gasteiger partial charge is 0.324 e. The number of carbonyl (C=O) groups excluding carboxylic acids is 2. The molecule has 0 aliphatic carbocycles. The standard InChI is InChI=1S/C21H20N4O2/c1-15-10-12-17(13-11-15)20(26)24-25-21(27)23-19(16-7-3-2-4-8-16)18-9-5-6-14-22-18/h2-14,19H,1H3,(H,24,26)(H2,23,25,27). The van der Waals surface area contributed by atoms with Gasteiger partial charge in [-0.1, -0.05) is 54.1 Å². The van der Waals surface area contributed by atoms with Crippen LogP contribution in [-0.4, -0.2) is 16.9 Å². The molecule has 1 atom stereocenters. The summed E-state index contributed by atoms with van der Waals surface area (Å²) in [5, 5.41) is 2.84. The first-order valence-electron chi connectivity index (χ1n) is 8.53. The Hall–Kier alpha value is -3.67. The fraction of sp³-hybridized carbons (Fsp3) is 0.0952. The molecule has 0 aliphatic heterocycles. The van der Waals surface area contributed by atoms with Gasteiger partial charge in [0.1, 0.15) is 0 Å². The number of urea groups is 1. The topological polar surface area (TPSA) is 83.1 Å². The number of rotatable bonds is 4. The second-order valence-electron chi connectivity index (χ2n) is 6.02. The van der Waals surface area contributed by atoms with Crippen molar-refractivity contribution >= 4 is 11.9 Å². The van der Waals surface area contributed by atoms with Crippen molar-refractivity contribution in [1.29, 1.82) is 0 Å². The fourth-order valence-electron chi connectivity index (χ4n) is 2.58. The van der Waals surface area contributed by atoms with Crippen molar-refractivity contribution in [2.75, 3.05) is 0 Å². The van der Waals surface area contributed by atoms with Gasteiger partial charge in [0, 0.05) is 11.8 Å². The molecule has 6 nitrogen and oxygen atoms in total. The maximum Gasteiger partial charge on any atom is 0.334 e. The van der Waals surface area contributed by atoms with E-state index in [1.165, 1.54) is 0 Å². The molecule has 3 N–H and O–H groups in total. The number of carbonyl (C=O) groups is 2. The molecular formula is C21H20N4O2. The number of nitrogens with zero attached hydrogens (tertiary/aromatic N) is 1. The minimum Gasteiger partial charge on any atom is -0.324 e. The van der Waals surface area contributed by atoms with Gasteiger partial charge in [-0.25, -0.2) is 10.2 Å². The zero-order chi connectivity index (χ0) is 19.1. The summed E-state index contributed by atoms with van der Waals surface area (Å²) in [4.78, 5) is 28.8. The third-order valence-corrected chi connectivity index (χ3v) is 4.00. The summed E-state index contributed by atoms with van der Waals surface area (Å²) >= 11 is 0. The average molecular weight is 360 g/mol. The highest BCUT2D eigenvalue weighted by molar-refractivity contribution is 5.95. The number of hydrogen-bond donors (Lipinski definition) is 3. The molecule has 0 saturated carbocycles. The number of amides is 3. The Kier molecular flexibility index (Phi) is 5.79. The lowest BCUT2D eigenvalue weighted by Crippen LogP contribution is -2.48. The van der Waals surface area contributed by atoms with Crippen LogP contribution in [0.4, 0.5) is 4.79 Å². The van der Waals surface area contributed by atoms with Gasteiger partial charge in [-0.15, -0.1) is 0 Å². The molecule has 6 heteroatoms. The highest BCUT2D eigenvalue weighted by Gasteiger charge is 2.18. The van der Waals surface area contributed by atoms with E-state index >= 15 is 0 Å². The predicted molar refractivity (Wildman–Crippen MR) is 103 cm³/mol. The summed E-state index contributed by atoms with van der Waals surface area (Å²) < 4.78 is 0. The second kappa shape index (κ2) is 8.62. The molecule has 1 heterocycles. The molecule has 1 aromatic heterocycles. The fourth-order valence-corrected chi connectivity index (χ4v) is 2.58. The Balaban J connectivity index is 1.66. The van der Waals surface area contributed by atoms with Crippen molar-refractivity contribution < 1.29 is 9.59 Å². The van der Waals surface area contributed by atoms with Crippen LogP contribution in [0.25, 0.3) is 0 Å². The molecule has 0 spiro atoms. The van der Waals surface area contributed by atoms with Crippen LogP contribution in [-0.2, 0) is 0 Å². The van der Waals surface area contributed by atoms with Gasteiger partial charge in [-0.05, 0) is 36.8 Å². The number of nitrogens with one attached hydrogen (secondary N) is 3. The summed E-state index contributed by atoms with van der Waals surface area (Å²) in [6.07, 6.45) is 1.67. The number of aromatic nitrogens is 1. The third kappa shape index (κ3) is 4.92. The molecule has 0 aliphatic rings. The number of benzene rings is 2. The van der Waals surface area contributed by atoms with E-state index in [4.69, 9.17) is 0 Å². The van der Waals surface area contributed by atoms with E-state index < -0.39 is 12.1 Å². The Labute approximate surface area is 157 Å². The van der Waals surface area contributed by atoms with Crippen LogP contribution in [0.15, 0.2) is 79.0 Å². The summed E-state index contributed by atoms with van der Waals surface area (Å²) in [5.74, 6) is -0.390. The first kappa shape index (κ1) is 18.1. The van der Waals surface area contributed by atoms with Crippen LogP contribution in [0.3, 0.4) is 0 Å². The van der Waals surface area contributed by atoms with Crippen molar-refractivity contribution in [1.82, 2.24) is 21.2 Å². The second-order valence-corrected chi connectivity index (χ2v) is 6.02. The molecule has 0 saturated heterocycles. The molecule has 0 radical (unpaired) electrons. The zero-order valence-electron chi connectivity index (χ0n) is 14.8. The minimum absolute atomic E-state index is 0.390. The summed E-state index contributed by atoms with van der Waals surface area (Å²) in [5.41, 5.74) is 7.89. The first-order chi connectivity index (χ1) is 13.1. The van der Waals surface area contributed by atoms with E-state index in [2.05, 4.69) is 21.2 Å². The van der Waals surface area contributed by atoms with Gasteiger partial charge >= 0.3 is 6.03 Å². The lowest BCUT2D eigenvalue weighted by molar-refractivity contribution is 0.0936. The van der Waals surface area contributed by atoms with Crippen molar-refractivity contribution in [3.8, 4) is 0 Å². The predicted octanol–water partition coefficient (Wildman–Crippen LogP) is 3.12. The largest absolute Gasteiger partial charge is 0.334 e. The number of hydrazine groups is 1. The zero-order valence-corrected chi connectivity index (χ0v) is 14.8. The quantitative estimate of drug-likeness (QED) is 0.625. The lowest BCUT2D eigenvalue weighted by atomic mass is 10.0. The van der Waals surface area contributed by atoms with Crippen LogP contribution in [0, 0.1) is 6.92 Å². The van der Waals surface area contributed by atoms with Crippen LogP contribution < -0.4 is 16.2 Å². The van der Waals surface area contributed by atoms with Crippen LogP contribution in [0.1, 0.15) is 33.2 Å². The molecular weight excluding hydrogens is 340 g/mol. The lowest BCUT2D eigenvalue weighted by Gasteiger charge is -2.19. The van der Waals surface area contributed by atoms with Gasteiger partial charge < -0.3 is 5.32 Å². The normalized spacial score (nSPS) is 11.3. The van der Waals surface area contributed by atoms with E-state index in [-0.39, 0.29) is 5.91 Å². The van der Waals surface area contributed by atoms with Crippen molar-refractivity contribution in [2.45, 2.75) is 13.0 Å². The molecule has 3 aromatic rings. The molecule has 1 unspecified atom stereocenters. The van der Waals surface area contributed by atoms with E-state index in [1.54, 1.807) is 18.3 Å². The first-order valence-corrected chi connectivity index (χ1v) is 8.53. The molecule has 0 fully saturated rings. The maximum absolute atomic E-state index is 12.3. The monoisotopic (exact) mass is 360 g/mol. The summed E-state index contributed by atoms with van der Waals surface area (Å²) in [6.45, 7) is 1.94. The van der Waals surface area contributed by atoms with E-state index in [1.807, 2.05) is 67.6 Å². The third-order valence-electron chi connectivity index (χ3n) is 4.00. The Bertz CT molecular complexity index is 857. The van der Waals surface area contributed by atoms with Gasteiger partial charge in [0.25, 0.3) is 5.91 Å². The van der Waals surface area contributed by atoms with Gasteiger partial charge in [0.15, 0.2) is 0 Å². The van der Waals surface area contributed by atoms with Crippen LogP contribution >= 0.6 is 0 Å². The highest BCUT2D eigenvalue weighted by atomic mass is 16.2. The van der Waals surface area contributed by atoms with Gasteiger partial charge in [-0.2, -0.15) is 0 Å². The van der Waals surface area contributed by atoms with Crippen LogP contribution in [0.2, 0.25) is 0 Å². The molecule has 2 aromatic carbocycles. The van der Waals surface area contributed by atoms with E-state index in [0.717, 1.165) is 11.1 Å². The van der Waals surface area contributed by atoms with Gasteiger partial charge in [0.2, 0.25) is 0 Å². The number of aryl methyl sites for hydroxylation is 1. The molecule has 27 heavy (non-hydrogen) atoms. The minimum atomic E-state index is -0.532. The molecule has 136 valence electrons. The van der Waals surface area contributed by atoms with Gasteiger partial charge in [0.05, 0.1) is 11.7 Å². The SMILES string of the molecule is Cc1ccc(C(=O)NNC(=O)NC(c2ccccc2)c2ccccn2)cc1. The number of pyridine rings is 1. The molecule has 3 amide bonds.